The van der Waals surface area contributed by atoms with Crippen molar-refractivity contribution < 1.29 is 36.8 Å². The van der Waals surface area contributed by atoms with Gasteiger partial charge in [-0.15, -0.1) is 0 Å². The molecule has 0 atom stereocenters. The highest BCUT2D eigenvalue weighted by Crippen LogP contribution is 2.40. The Morgan fingerprint density at radius 3 is 2.08 bits per heavy atom. The summed E-state index contributed by atoms with van der Waals surface area (Å²) in [5.74, 6) is -0.435. The first-order valence-corrected chi connectivity index (χ1v) is 16.3. The molecule has 5 aromatic carbocycles. The molecule has 0 spiro atoms. The van der Waals surface area contributed by atoms with Crippen LogP contribution in [0.2, 0.25) is 0 Å². The molecule has 0 saturated heterocycles. The number of rotatable bonds is 13. The van der Waals surface area contributed by atoms with Crippen molar-refractivity contribution in [3.05, 3.63) is 112 Å². The van der Waals surface area contributed by atoms with E-state index in [1.807, 2.05) is 42.5 Å². The minimum absolute atomic E-state index is 0.0171. The van der Waals surface area contributed by atoms with Crippen molar-refractivity contribution in [2.24, 2.45) is 5.11 Å². The fourth-order valence-corrected chi connectivity index (χ4v) is 6.24. The van der Waals surface area contributed by atoms with Crippen molar-refractivity contribution >= 4 is 60.3 Å². The predicted molar refractivity (Wildman–Crippen MR) is 180 cm³/mol. The Bertz CT molecular complexity index is 2250. The van der Waals surface area contributed by atoms with E-state index in [2.05, 4.69) is 15.3 Å². The summed E-state index contributed by atoms with van der Waals surface area (Å²) in [5, 5.41) is 10.1. The maximum absolute atomic E-state index is 13.6. The van der Waals surface area contributed by atoms with Crippen LogP contribution in [0.3, 0.4) is 0 Å². The van der Waals surface area contributed by atoms with Crippen LogP contribution in [-0.4, -0.2) is 64.1 Å². The number of hydrogen-bond acceptors (Lipinski definition) is 10. The first-order chi connectivity index (χ1) is 23.2. The lowest BCUT2D eigenvalue weighted by atomic mass is 9.82. The summed E-state index contributed by atoms with van der Waals surface area (Å²) in [5.41, 5.74) is 14.3. The molecule has 0 unspecified atom stereocenters. The predicted octanol–water partition coefficient (Wildman–Crippen LogP) is 6.06. The molecule has 13 nitrogen and oxygen atoms in total. The van der Waals surface area contributed by atoms with Crippen molar-refractivity contribution in [2.45, 2.75) is 4.90 Å². The van der Waals surface area contributed by atoms with Crippen LogP contribution in [0.15, 0.2) is 88.9 Å². The summed E-state index contributed by atoms with van der Waals surface area (Å²) in [6.07, 6.45) is 0. The Balaban J connectivity index is 1.22. The van der Waals surface area contributed by atoms with E-state index in [0.717, 1.165) is 27.6 Å². The minimum atomic E-state index is -4.84. The van der Waals surface area contributed by atoms with Gasteiger partial charge in [0.1, 0.15) is 17.3 Å². The molecule has 4 N–H and O–H groups in total. The number of benzene rings is 5. The van der Waals surface area contributed by atoms with Gasteiger partial charge in [-0.25, -0.2) is 0 Å². The van der Waals surface area contributed by atoms with Gasteiger partial charge in [0.25, 0.3) is 10.1 Å². The largest absolute Gasteiger partial charge is 0.491 e. The summed E-state index contributed by atoms with van der Waals surface area (Å²) in [4.78, 5) is 29.1. The quantitative estimate of drug-likeness (QED) is 0.0247. The summed E-state index contributed by atoms with van der Waals surface area (Å²) >= 11 is 0. The number of anilines is 3. The number of hydrogen-bond donors (Lipinski definition) is 3. The van der Waals surface area contributed by atoms with E-state index in [9.17, 15) is 22.6 Å². The molecule has 0 fully saturated rings. The number of fused-ring (bicyclic) bond motifs is 4. The third kappa shape index (κ3) is 6.65. The maximum Gasteiger partial charge on any atom is 0.296 e. The second kappa shape index (κ2) is 13.7. The monoisotopic (exact) mass is 667 g/mol. The second-order valence-electron chi connectivity index (χ2n) is 10.8. The molecular formula is C34H29N5O8S. The van der Waals surface area contributed by atoms with Gasteiger partial charge in [0.15, 0.2) is 11.6 Å². The molecule has 0 radical (unpaired) electrons. The van der Waals surface area contributed by atoms with E-state index in [1.165, 1.54) is 12.1 Å². The normalized spacial score (nSPS) is 12.4. The molecule has 244 valence electrons. The molecule has 1 aliphatic rings. The first-order valence-electron chi connectivity index (χ1n) is 14.8. The van der Waals surface area contributed by atoms with Gasteiger partial charge >= 0.3 is 0 Å². The Hall–Kier alpha value is -5.50. The van der Waals surface area contributed by atoms with Crippen molar-refractivity contribution in [3.63, 3.8) is 0 Å². The van der Waals surface area contributed by atoms with Crippen LogP contribution in [0.5, 0.6) is 5.75 Å². The fourth-order valence-electron chi connectivity index (χ4n) is 5.59. The Labute approximate surface area is 274 Å². The fraction of sp³-hybridized carbons (Fsp3) is 0.176. The molecule has 48 heavy (non-hydrogen) atoms. The van der Waals surface area contributed by atoms with Crippen molar-refractivity contribution in [2.75, 3.05) is 50.6 Å². The van der Waals surface area contributed by atoms with Crippen LogP contribution >= 0.6 is 0 Å². The van der Waals surface area contributed by atoms with E-state index in [4.69, 9.17) is 25.5 Å². The van der Waals surface area contributed by atoms with E-state index in [0.29, 0.717) is 44.5 Å². The first kappa shape index (κ1) is 32.4. The van der Waals surface area contributed by atoms with Gasteiger partial charge in [-0.1, -0.05) is 41.5 Å². The zero-order valence-electron chi connectivity index (χ0n) is 25.4. The van der Waals surface area contributed by atoms with Gasteiger partial charge in [-0.3, -0.25) is 14.1 Å². The summed E-state index contributed by atoms with van der Waals surface area (Å²) in [7, 11) is -4.84. The number of nitrogens with two attached hydrogens (primary N) is 1. The van der Waals surface area contributed by atoms with E-state index >= 15 is 0 Å². The molecule has 0 saturated carbocycles. The summed E-state index contributed by atoms with van der Waals surface area (Å²) in [6, 6.07) is 22.4. The lowest BCUT2D eigenvalue weighted by Crippen LogP contribution is -2.25. The highest BCUT2D eigenvalue weighted by atomic mass is 32.2. The Kier molecular flexibility index (Phi) is 9.26. The standard InChI is InChI=1S/C34H29N5O8S/c35-32-29(48(42,43)44)19-28(30-31(32)34(41)27-4-2-1-3-26(27)33(30)40)38-24-7-5-20-16-23-18-25(8-6-21(23)15-22(20)17-24)47-14-13-46-12-11-45-10-9-37-39-36/h1-8,15-19,38H,9-14,35H2,(H,42,43,44). The average Bonchev–Trinajstić information content (AvgIpc) is 3.07. The molecule has 6 rings (SSSR count). The van der Waals surface area contributed by atoms with E-state index < -0.39 is 32.3 Å². The highest BCUT2D eigenvalue weighted by Gasteiger charge is 2.36. The smallest absolute Gasteiger partial charge is 0.296 e. The average molecular weight is 668 g/mol. The molecule has 14 heteroatoms. The van der Waals surface area contributed by atoms with Crippen LogP contribution in [0, 0.1) is 0 Å². The Morgan fingerprint density at radius 2 is 1.40 bits per heavy atom. The number of carbonyl (C=O) groups is 2. The number of nitrogens with zero attached hydrogens (tertiary/aromatic N) is 3. The molecule has 0 aromatic heterocycles. The van der Waals surface area contributed by atoms with Crippen LogP contribution in [0.4, 0.5) is 17.1 Å². The third-order valence-corrected chi connectivity index (χ3v) is 8.68. The van der Waals surface area contributed by atoms with Gasteiger partial charge in [-0.05, 0) is 69.5 Å². The van der Waals surface area contributed by atoms with Crippen molar-refractivity contribution in [1.29, 1.82) is 0 Å². The second-order valence-corrected chi connectivity index (χ2v) is 12.2. The number of ether oxygens (including phenoxy) is 3. The zero-order chi connectivity index (χ0) is 33.8. The molecular weight excluding hydrogens is 638 g/mol. The number of azide groups is 1. The van der Waals surface area contributed by atoms with E-state index in [-0.39, 0.29) is 34.5 Å². The van der Waals surface area contributed by atoms with Gasteiger partial charge in [0, 0.05) is 28.3 Å². The number of nitrogen functional groups attached to an aromatic ring is 1. The number of ketones is 2. The van der Waals surface area contributed by atoms with Crippen LogP contribution < -0.4 is 15.8 Å². The Morgan fingerprint density at radius 1 is 0.771 bits per heavy atom. The summed E-state index contributed by atoms with van der Waals surface area (Å²) in [6.45, 7) is 2.13. The molecule has 1 aliphatic carbocycles. The third-order valence-electron chi connectivity index (χ3n) is 7.79. The number of nitrogens with one attached hydrogen (secondary N) is 1. The van der Waals surface area contributed by atoms with Gasteiger partial charge in [-0.2, -0.15) is 8.42 Å². The van der Waals surface area contributed by atoms with Gasteiger partial charge < -0.3 is 25.3 Å². The van der Waals surface area contributed by atoms with Crippen molar-refractivity contribution in [3.8, 4) is 5.75 Å². The van der Waals surface area contributed by atoms with Gasteiger partial charge in [0.05, 0.1) is 48.9 Å². The van der Waals surface area contributed by atoms with Crippen LogP contribution in [-0.2, 0) is 19.6 Å². The van der Waals surface area contributed by atoms with Crippen LogP contribution in [0.1, 0.15) is 31.8 Å². The SMILES string of the molecule is [N-]=[N+]=NCCOCCOCCOc1ccc2cc3cc(Nc4cc(S(=O)(=O)O)c(N)c5c4C(=O)c4ccccc4C5=O)ccc3cc2c1. The molecule has 0 bridgehead atoms. The topological polar surface area (TPSA) is 203 Å². The zero-order valence-corrected chi connectivity index (χ0v) is 26.2. The molecule has 0 heterocycles. The van der Waals surface area contributed by atoms with E-state index in [1.54, 1.807) is 18.2 Å². The lowest BCUT2D eigenvalue weighted by molar-refractivity contribution is 0.0388. The van der Waals surface area contributed by atoms with Crippen LogP contribution in [0.25, 0.3) is 32.0 Å². The van der Waals surface area contributed by atoms with Crippen molar-refractivity contribution in [1.82, 2.24) is 0 Å². The minimum Gasteiger partial charge on any atom is -0.491 e. The highest BCUT2D eigenvalue weighted by molar-refractivity contribution is 7.86. The number of carbonyl (C=O) groups excluding carboxylic acids is 2. The summed E-state index contributed by atoms with van der Waals surface area (Å²) < 4.78 is 51.1. The molecule has 0 amide bonds. The lowest BCUT2D eigenvalue weighted by Gasteiger charge is -2.23. The molecule has 0 aliphatic heterocycles. The molecule has 5 aromatic rings. The maximum atomic E-state index is 13.6. The van der Waals surface area contributed by atoms with Gasteiger partial charge in [0.2, 0.25) is 0 Å².